The number of aromatic nitrogens is 1. The van der Waals surface area contributed by atoms with Gasteiger partial charge in [0.15, 0.2) is 0 Å². The first-order valence-corrected chi connectivity index (χ1v) is 7.93. The van der Waals surface area contributed by atoms with E-state index < -0.39 is 0 Å². The Balaban J connectivity index is 1.49. The molecule has 4 rings (SSSR count). The number of hydrogen-bond acceptors (Lipinski definition) is 4. The molecule has 124 valence electrons. The summed E-state index contributed by atoms with van der Waals surface area (Å²) in [5.74, 6) is 0.356. The van der Waals surface area contributed by atoms with Crippen LogP contribution in [0.5, 0.6) is 0 Å². The van der Waals surface area contributed by atoms with Gasteiger partial charge in [-0.25, -0.2) is 4.98 Å². The SMILES string of the molecule is O=C1CCc2cc(C(=O)Nc3ccc(-c4ncco4)cc3)ccc2N1. The molecular weight excluding hydrogens is 318 g/mol. The van der Waals surface area contributed by atoms with Crippen molar-refractivity contribution in [2.24, 2.45) is 0 Å². The van der Waals surface area contributed by atoms with E-state index in [2.05, 4.69) is 15.6 Å². The van der Waals surface area contributed by atoms with Gasteiger partial charge in [-0.1, -0.05) is 0 Å². The smallest absolute Gasteiger partial charge is 0.255 e. The molecule has 6 nitrogen and oxygen atoms in total. The van der Waals surface area contributed by atoms with Gasteiger partial charge < -0.3 is 15.1 Å². The van der Waals surface area contributed by atoms with Gasteiger partial charge in [-0.2, -0.15) is 0 Å². The largest absolute Gasteiger partial charge is 0.445 e. The van der Waals surface area contributed by atoms with Gasteiger partial charge in [-0.15, -0.1) is 0 Å². The van der Waals surface area contributed by atoms with E-state index in [-0.39, 0.29) is 11.8 Å². The Morgan fingerprint density at radius 2 is 1.96 bits per heavy atom. The number of anilines is 2. The molecule has 0 unspecified atom stereocenters. The zero-order valence-electron chi connectivity index (χ0n) is 13.3. The van der Waals surface area contributed by atoms with Crippen molar-refractivity contribution in [2.45, 2.75) is 12.8 Å². The summed E-state index contributed by atoms with van der Waals surface area (Å²) in [4.78, 5) is 27.9. The predicted molar refractivity (Wildman–Crippen MR) is 93.3 cm³/mol. The van der Waals surface area contributed by atoms with Crippen molar-refractivity contribution in [1.29, 1.82) is 0 Å². The fourth-order valence-electron chi connectivity index (χ4n) is 2.79. The molecule has 0 aliphatic carbocycles. The van der Waals surface area contributed by atoms with Gasteiger partial charge in [0, 0.05) is 28.9 Å². The van der Waals surface area contributed by atoms with Crippen LogP contribution in [-0.2, 0) is 11.2 Å². The predicted octanol–water partition coefficient (Wildman–Crippen LogP) is 3.48. The monoisotopic (exact) mass is 333 g/mol. The molecule has 2 aromatic carbocycles. The van der Waals surface area contributed by atoms with Crippen LogP contribution >= 0.6 is 0 Å². The van der Waals surface area contributed by atoms with Gasteiger partial charge in [-0.05, 0) is 54.4 Å². The van der Waals surface area contributed by atoms with Crippen molar-refractivity contribution in [3.05, 3.63) is 66.1 Å². The Hall–Kier alpha value is -3.41. The average Bonchev–Trinajstić information content (AvgIpc) is 3.16. The number of carbonyl (C=O) groups excluding carboxylic acids is 2. The molecule has 2 N–H and O–H groups in total. The molecule has 0 radical (unpaired) electrons. The summed E-state index contributed by atoms with van der Waals surface area (Å²) >= 11 is 0. The number of rotatable bonds is 3. The van der Waals surface area contributed by atoms with Crippen molar-refractivity contribution in [2.75, 3.05) is 10.6 Å². The molecule has 1 aliphatic heterocycles. The van der Waals surface area contributed by atoms with E-state index in [4.69, 9.17) is 4.42 Å². The number of amides is 2. The second kappa shape index (κ2) is 6.24. The molecule has 2 heterocycles. The number of hydrogen-bond donors (Lipinski definition) is 2. The fraction of sp³-hybridized carbons (Fsp3) is 0.105. The quantitative estimate of drug-likeness (QED) is 0.768. The van der Waals surface area contributed by atoms with Gasteiger partial charge in [0.2, 0.25) is 11.8 Å². The van der Waals surface area contributed by atoms with E-state index >= 15 is 0 Å². The highest BCUT2D eigenvalue weighted by Crippen LogP contribution is 2.24. The van der Waals surface area contributed by atoms with Crippen LogP contribution in [0.2, 0.25) is 0 Å². The summed E-state index contributed by atoms with van der Waals surface area (Å²) in [6, 6.07) is 12.6. The van der Waals surface area contributed by atoms with E-state index in [1.54, 1.807) is 30.5 Å². The number of fused-ring (bicyclic) bond motifs is 1. The summed E-state index contributed by atoms with van der Waals surface area (Å²) in [7, 11) is 0. The van der Waals surface area contributed by atoms with Gasteiger partial charge >= 0.3 is 0 Å². The molecular formula is C19H15N3O3. The second-order valence-electron chi connectivity index (χ2n) is 5.79. The fourth-order valence-corrected chi connectivity index (χ4v) is 2.79. The van der Waals surface area contributed by atoms with Crippen LogP contribution in [0.1, 0.15) is 22.3 Å². The molecule has 0 fully saturated rings. The minimum absolute atomic E-state index is 0.0100. The lowest BCUT2D eigenvalue weighted by atomic mass is 10.00. The average molecular weight is 333 g/mol. The first kappa shape index (κ1) is 15.1. The molecule has 3 aromatic rings. The molecule has 25 heavy (non-hydrogen) atoms. The number of carbonyl (C=O) groups is 2. The molecule has 1 aromatic heterocycles. The maximum Gasteiger partial charge on any atom is 0.255 e. The lowest BCUT2D eigenvalue weighted by Crippen LogP contribution is -2.20. The molecule has 2 amide bonds. The lowest BCUT2D eigenvalue weighted by Gasteiger charge is -2.17. The molecule has 0 saturated heterocycles. The van der Waals surface area contributed by atoms with Crippen molar-refractivity contribution in [1.82, 2.24) is 4.98 Å². The maximum atomic E-state index is 12.4. The number of oxazole rings is 1. The highest BCUT2D eigenvalue weighted by Gasteiger charge is 2.16. The zero-order valence-corrected chi connectivity index (χ0v) is 13.3. The number of benzene rings is 2. The normalized spacial score (nSPS) is 13.0. The van der Waals surface area contributed by atoms with Crippen LogP contribution in [-0.4, -0.2) is 16.8 Å². The van der Waals surface area contributed by atoms with Crippen molar-refractivity contribution < 1.29 is 14.0 Å². The van der Waals surface area contributed by atoms with E-state index in [1.165, 1.54) is 6.26 Å². The van der Waals surface area contributed by atoms with Crippen molar-refractivity contribution in [3.63, 3.8) is 0 Å². The van der Waals surface area contributed by atoms with Crippen LogP contribution in [0.3, 0.4) is 0 Å². The number of nitrogens with one attached hydrogen (secondary N) is 2. The Kier molecular flexibility index (Phi) is 3.78. The van der Waals surface area contributed by atoms with Crippen LogP contribution < -0.4 is 10.6 Å². The highest BCUT2D eigenvalue weighted by molar-refractivity contribution is 6.05. The van der Waals surface area contributed by atoms with Gasteiger partial charge in [-0.3, -0.25) is 9.59 Å². The second-order valence-corrected chi connectivity index (χ2v) is 5.79. The Morgan fingerprint density at radius 3 is 2.72 bits per heavy atom. The maximum absolute atomic E-state index is 12.4. The first-order chi connectivity index (χ1) is 12.2. The van der Waals surface area contributed by atoms with Crippen LogP contribution in [0.25, 0.3) is 11.5 Å². The summed E-state index contributed by atoms with van der Waals surface area (Å²) in [5.41, 5.74) is 3.85. The summed E-state index contributed by atoms with van der Waals surface area (Å²) in [5, 5.41) is 5.68. The third kappa shape index (κ3) is 3.14. The summed E-state index contributed by atoms with van der Waals surface area (Å²) in [6.07, 6.45) is 4.19. The topological polar surface area (TPSA) is 84.2 Å². The molecule has 0 atom stereocenters. The third-order valence-corrected chi connectivity index (χ3v) is 4.08. The molecule has 6 heteroatoms. The van der Waals surface area contributed by atoms with E-state index in [9.17, 15) is 9.59 Å². The minimum Gasteiger partial charge on any atom is -0.445 e. The summed E-state index contributed by atoms with van der Waals surface area (Å²) < 4.78 is 5.24. The third-order valence-electron chi connectivity index (χ3n) is 4.08. The minimum atomic E-state index is -0.191. The van der Waals surface area contributed by atoms with E-state index in [0.29, 0.717) is 30.0 Å². The zero-order chi connectivity index (χ0) is 17.2. The lowest BCUT2D eigenvalue weighted by molar-refractivity contribution is -0.116. The number of aryl methyl sites for hydroxylation is 1. The number of nitrogens with zero attached hydrogens (tertiary/aromatic N) is 1. The summed E-state index contributed by atoms with van der Waals surface area (Å²) in [6.45, 7) is 0. The Labute approximate surface area is 143 Å². The molecule has 0 spiro atoms. The van der Waals surface area contributed by atoms with Gasteiger partial charge in [0.05, 0.1) is 6.20 Å². The van der Waals surface area contributed by atoms with Crippen molar-refractivity contribution >= 4 is 23.2 Å². The van der Waals surface area contributed by atoms with E-state index in [1.807, 2.05) is 18.2 Å². The van der Waals surface area contributed by atoms with Crippen molar-refractivity contribution in [3.8, 4) is 11.5 Å². The first-order valence-electron chi connectivity index (χ1n) is 7.93. The van der Waals surface area contributed by atoms with Crippen LogP contribution in [0.15, 0.2) is 59.3 Å². The Morgan fingerprint density at radius 1 is 1.12 bits per heavy atom. The van der Waals surface area contributed by atoms with Crippen LogP contribution in [0, 0.1) is 0 Å². The molecule has 0 bridgehead atoms. The van der Waals surface area contributed by atoms with E-state index in [0.717, 1.165) is 16.8 Å². The molecule has 0 saturated carbocycles. The Bertz CT molecular complexity index is 931. The van der Waals surface area contributed by atoms with Gasteiger partial charge in [0.25, 0.3) is 5.91 Å². The van der Waals surface area contributed by atoms with Crippen LogP contribution in [0.4, 0.5) is 11.4 Å². The standard InChI is InChI=1S/C19H15N3O3/c23-17-8-4-13-11-14(3-7-16(13)22-17)18(24)21-15-5-1-12(2-6-15)19-20-9-10-25-19/h1-3,5-7,9-11H,4,8H2,(H,21,24)(H,22,23). The molecule has 1 aliphatic rings. The highest BCUT2D eigenvalue weighted by atomic mass is 16.3. The van der Waals surface area contributed by atoms with Gasteiger partial charge in [0.1, 0.15) is 6.26 Å².